The molecule has 0 amide bonds. The van der Waals surface area contributed by atoms with Gasteiger partial charge in [0.15, 0.2) is 0 Å². The number of anilines is 1. The Morgan fingerprint density at radius 2 is 1.70 bits per heavy atom. The first kappa shape index (κ1) is 16.4. The zero-order chi connectivity index (χ0) is 16.2. The normalized spacial score (nSPS) is 19.3. The van der Waals surface area contributed by atoms with Crippen LogP contribution in [0.15, 0.2) is 54.6 Å². The van der Waals surface area contributed by atoms with E-state index in [1.807, 2.05) is 12.1 Å². The fraction of sp³-hybridized carbons (Fsp3) is 0.400. The molecule has 23 heavy (non-hydrogen) atoms. The number of halogens is 1. The summed E-state index contributed by atoms with van der Waals surface area (Å²) in [6.07, 6.45) is 0. The summed E-state index contributed by atoms with van der Waals surface area (Å²) in [5.41, 5.74) is 2.68. The van der Waals surface area contributed by atoms with Gasteiger partial charge in [-0.3, -0.25) is 4.90 Å². The van der Waals surface area contributed by atoms with Gasteiger partial charge in [-0.05, 0) is 35.7 Å². The van der Waals surface area contributed by atoms with E-state index < -0.39 is 0 Å². The number of nitrogens with zero attached hydrogens (tertiary/aromatic N) is 2. The number of rotatable bonds is 4. The van der Waals surface area contributed by atoms with Gasteiger partial charge < -0.3 is 4.90 Å². The van der Waals surface area contributed by atoms with Crippen LogP contribution in [0, 0.1) is 5.92 Å². The highest BCUT2D eigenvalue weighted by molar-refractivity contribution is 6.30. The molecule has 1 saturated heterocycles. The Labute approximate surface area is 144 Å². The predicted octanol–water partition coefficient (Wildman–Crippen LogP) is 4.69. The van der Waals surface area contributed by atoms with Crippen molar-refractivity contribution in [3.63, 3.8) is 0 Å². The lowest BCUT2D eigenvalue weighted by Crippen LogP contribution is -2.55. The van der Waals surface area contributed by atoms with E-state index in [9.17, 15) is 0 Å². The van der Waals surface area contributed by atoms with Crippen molar-refractivity contribution < 1.29 is 0 Å². The van der Waals surface area contributed by atoms with E-state index in [2.05, 4.69) is 66.1 Å². The van der Waals surface area contributed by atoms with E-state index in [0.717, 1.165) is 31.2 Å². The van der Waals surface area contributed by atoms with Crippen LogP contribution in [-0.2, 0) is 6.54 Å². The van der Waals surface area contributed by atoms with Crippen molar-refractivity contribution in [3.05, 3.63) is 65.2 Å². The lowest BCUT2D eigenvalue weighted by molar-refractivity contribution is 0.193. The van der Waals surface area contributed by atoms with Crippen LogP contribution in [0.5, 0.6) is 0 Å². The average molecular weight is 329 g/mol. The lowest BCUT2D eigenvalue weighted by atomic mass is 9.98. The van der Waals surface area contributed by atoms with E-state index in [1.54, 1.807) is 0 Å². The molecular formula is C20H25ClN2. The Balaban J connectivity index is 1.72. The fourth-order valence-corrected chi connectivity index (χ4v) is 3.50. The van der Waals surface area contributed by atoms with Gasteiger partial charge in [-0.15, -0.1) is 0 Å². The van der Waals surface area contributed by atoms with Crippen LogP contribution in [0.1, 0.15) is 19.4 Å². The topological polar surface area (TPSA) is 6.48 Å². The van der Waals surface area contributed by atoms with Crippen molar-refractivity contribution in [1.82, 2.24) is 4.90 Å². The second-order valence-electron chi connectivity index (χ2n) is 6.70. The molecule has 0 saturated carbocycles. The van der Waals surface area contributed by atoms with E-state index >= 15 is 0 Å². The summed E-state index contributed by atoms with van der Waals surface area (Å²) in [6.45, 7) is 8.95. The first-order valence-electron chi connectivity index (χ1n) is 8.42. The molecule has 122 valence electrons. The number of hydrogen-bond acceptors (Lipinski definition) is 2. The van der Waals surface area contributed by atoms with Crippen molar-refractivity contribution in [1.29, 1.82) is 0 Å². The highest BCUT2D eigenvalue weighted by Crippen LogP contribution is 2.26. The van der Waals surface area contributed by atoms with Crippen LogP contribution in [0.3, 0.4) is 0 Å². The zero-order valence-corrected chi connectivity index (χ0v) is 14.7. The third-order valence-electron chi connectivity index (χ3n) is 4.68. The van der Waals surface area contributed by atoms with Gasteiger partial charge >= 0.3 is 0 Å². The van der Waals surface area contributed by atoms with Gasteiger partial charge in [0.1, 0.15) is 0 Å². The number of piperazine rings is 1. The molecule has 1 aliphatic rings. The zero-order valence-electron chi connectivity index (χ0n) is 14.0. The van der Waals surface area contributed by atoms with E-state index in [1.165, 1.54) is 11.3 Å². The fourth-order valence-electron chi connectivity index (χ4n) is 3.38. The van der Waals surface area contributed by atoms with Crippen LogP contribution in [0.2, 0.25) is 5.02 Å². The van der Waals surface area contributed by atoms with Crippen LogP contribution in [0.4, 0.5) is 5.69 Å². The molecular weight excluding hydrogens is 304 g/mol. The predicted molar refractivity (Wildman–Crippen MR) is 99.1 cm³/mol. The summed E-state index contributed by atoms with van der Waals surface area (Å²) in [5, 5.41) is 0.803. The van der Waals surface area contributed by atoms with Gasteiger partial charge in [0.2, 0.25) is 0 Å². The summed E-state index contributed by atoms with van der Waals surface area (Å²) >= 11 is 6.04. The molecule has 1 aliphatic heterocycles. The minimum Gasteiger partial charge on any atom is -0.366 e. The summed E-state index contributed by atoms with van der Waals surface area (Å²) < 4.78 is 0. The van der Waals surface area contributed by atoms with Gasteiger partial charge in [0.25, 0.3) is 0 Å². The molecule has 0 aromatic heterocycles. The molecule has 0 spiro atoms. The highest BCUT2D eigenvalue weighted by Gasteiger charge is 2.29. The van der Waals surface area contributed by atoms with Crippen molar-refractivity contribution in [2.24, 2.45) is 5.92 Å². The smallest absolute Gasteiger partial charge is 0.0440 e. The van der Waals surface area contributed by atoms with Crippen molar-refractivity contribution in [2.45, 2.75) is 26.4 Å². The third kappa shape index (κ3) is 4.07. The van der Waals surface area contributed by atoms with Crippen LogP contribution in [-0.4, -0.2) is 30.6 Å². The maximum Gasteiger partial charge on any atom is 0.0440 e. The molecule has 2 aromatic carbocycles. The maximum atomic E-state index is 6.04. The van der Waals surface area contributed by atoms with Gasteiger partial charge in [0.05, 0.1) is 0 Å². The van der Waals surface area contributed by atoms with Crippen molar-refractivity contribution >= 4 is 17.3 Å². The summed E-state index contributed by atoms with van der Waals surface area (Å²) in [6, 6.07) is 19.6. The van der Waals surface area contributed by atoms with Gasteiger partial charge in [-0.2, -0.15) is 0 Å². The summed E-state index contributed by atoms with van der Waals surface area (Å²) in [4.78, 5) is 5.12. The number of benzene rings is 2. The SMILES string of the molecule is CC(C)C1CN(Cc2ccccc2)CCN1c1ccc(Cl)cc1. The molecule has 0 radical (unpaired) electrons. The lowest BCUT2D eigenvalue weighted by Gasteiger charge is -2.45. The molecule has 2 aromatic rings. The molecule has 2 nitrogen and oxygen atoms in total. The van der Waals surface area contributed by atoms with E-state index in [-0.39, 0.29) is 0 Å². The highest BCUT2D eigenvalue weighted by atomic mass is 35.5. The minimum absolute atomic E-state index is 0.536. The number of hydrogen-bond donors (Lipinski definition) is 0. The van der Waals surface area contributed by atoms with Crippen LogP contribution in [0.25, 0.3) is 0 Å². The van der Waals surface area contributed by atoms with E-state index in [4.69, 9.17) is 11.6 Å². The second-order valence-corrected chi connectivity index (χ2v) is 7.14. The van der Waals surface area contributed by atoms with Gasteiger partial charge in [0, 0.05) is 42.9 Å². The molecule has 0 bridgehead atoms. The Kier molecular flexibility index (Phi) is 5.24. The van der Waals surface area contributed by atoms with Gasteiger partial charge in [-0.1, -0.05) is 55.8 Å². The van der Waals surface area contributed by atoms with Gasteiger partial charge in [-0.25, -0.2) is 0 Å². The quantitative estimate of drug-likeness (QED) is 0.803. The monoisotopic (exact) mass is 328 g/mol. The van der Waals surface area contributed by atoms with Crippen molar-refractivity contribution in [3.8, 4) is 0 Å². The van der Waals surface area contributed by atoms with Crippen molar-refractivity contribution in [2.75, 3.05) is 24.5 Å². The Morgan fingerprint density at radius 1 is 1.00 bits per heavy atom. The Hall–Kier alpha value is -1.51. The summed E-state index contributed by atoms with van der Waals surface area (Å²) in [5.74, 6) is 0.615. The van der Waals surface area contributed by atoms with E-state index in [0.29, 0.717) is 12.0 Å². The second kappa shape index (κ2) is 7.37. The first-order chi connectivity index (χ1) is 11.1. The average Bonchev–Trinajstić information content (AvgIpc) is 2.56. The molecule has 3 heteroatoms. The Morgan fingerprint density at radius 3 is 2.35 bits per heavy atom. The molecule has 1 fully saturated rings. The molecule has 0 N–H and O–H groups in total. The molecule has 1 heterocycles. The maximum absolute atomic E-state index is 6.04. The van der Waals surface area contributed by atoms with Crippen LogP contribution >= 0.6 is 11.6 Å². The molecule has 1 atom stereocenters. The van der Waals surface area contributed by atoms with Crippen LogP contribution < -0.4 is 4.90 Å². The molecule has 3 rings (SSSR count). The molecule has 1 unspecified atom stereocenters. The summed E-state index contributed by atoms with van der Waals surface area (Å²) in [7, 11) is 0. The Bertz CT molecular complexity index is 609. The molecule has 0 aliphatic carbocycles. The minimum atomic E-state index is 0.536. The standard InChI is InChI=1S/C20H25ClN2/c1-16(2)20-15-22(14-17-6-4-3-5-7-17)12-13-23(20)19-10-8-18(21)9-11-19/h3-11,16,20H,12-15H2,1-2H3. The first-order valence-corrected chi connectivity index (χ1v) is 8.80. The third-order valence-corrected chi connectivity index (χ3v) is 4.93. The largest absolute Gasteiger partial charge is 0.366 e.